The Morgan fingerprint density at radius 3 is 2.11 bits per heavy atom. The number of nitrogens with one attached hydrogen (secondary N) is 2. The smallest absolute Gasteiger partial charge is 0.161 e. The Hall–Kier alpha value is -2.84. The molecule has 0 aliphatic rings. The summed E-state index contributed by atoms with van der Waals surface area (Å²) in [6, 6.07) is 7.72. The second kappa shape index (κ2) is 9.20. The Balaban J connectivity index is 1.86. The van der Waals surface area contributed by atoms with E-state index in [2.05, 4.69) is 20.5 Å². The average Bonchev–Trinajstić information content (AvgIpc) is 3.07. The summed E-state index contributed by atoms with van der Waals surface area (Å²) in [5.74, 6) is 2.73. The van der Waals surface area contributed by atoms with Gasteiger partial charge in [0.05, 0.1) is 13.2 Å². The summed E-state index contributed by atoms with van der Waals surface area (Å²) >= 11 is 0. The van der Waals surface area contributed by atoms with E-state index in [4.69, 9.17) is 18.9 Å². The SMILES string of the molecule is COCCOc1cc2cnc(Nc3cc(C)[nH]n3)cc2cc1OCCOC. The van der Waals surface area contributed by atoms with Crippen molar-refractivity contribution in [3.05, 3.63) is 36.2 Å². The van der Waals surface area contributed by atoms with Crippen LogP contribution in [0.25, 0.3) is 10.8 Å². The van der Waals surface area contributed by atoms with Crippen molar-refractivity contribution in [2.75, 3.05) is 46.0 Å². The van der Waals surface area contributed by atoms with E-state index >= 15 is 0 Å². The van der Waals surface area contributed by atoms with Crippen molar-refractivity contribution in [3.8, 4) is 11.5 Å². The molecule has 1 aromatic carbocycles. The largest absolute Gasteiger partial charge is 0.487 e. The molecule has 2 heterocycles. The number of aryl methyl sites for hydroxylation is 1. The van der Waals surface area contributed by atoms with Crippen molar-refractivity contribution in [1.29, 1.82) is 0 Å². The predicted octanol–water partition coefficient (Wildman–Crippen LogP) is 3.06. The third-order valence-corrected chi connectivity index (χ3v) is 3.84. The molecule has 3 aromatic rings. The lowest BCUT2D eigenvalue weighted by Gasteiger charge is -2.14. The van der Waals surface area contributed by atoms with E-state index in [1.807, 2.05) is 31.2 Å². The molecule has 2 aromatic heterocycles. The highest BCUT2D eigenvalue weighted by Crippen LogP contribution is 2.33. The fraction of sp³-hybridized carbons (Fsp3) is 0.368. The molecule has 0 spiro atoms. The van der Waals surface area contributed by atoms with Crippen LogP contribution in [-0.4, -0.2) is 55.8 Å². The van der Waals surface area contributed by atoms with Gasteiger partial charge in [-0.25, -0.2) is 4.98 Å². The number of pyridine rings is 1. The van der Waals surface area contributed by atoms with Crippen LogP contribution < -0.4 is 14.8 Å². The molecule has 0 fully saturated rings. The lowest BCUT2D eigenvalue weighted by Crippen LogP contribution is -2.08. The van der Waals surface area contributed by atoms with Gasteiger partial charge in [0.15, 0.2) is 17.3 Å². The fourth-order valence-electron chi connectivity index (χ4n) is 2.53. The van der Waals surface area contributed by atoms with Crippen molar-refractivity contribution in [1.82, 2.24) is 15.2 Å². The Morgan fingerprint density at radius 2 is 1.52 bits per heavy atom. The molecule has 0 aliphatic carbocycles. The average molecular weight is 372 g/mol. The first-order chi connectivity index (χ1) is 13.2. The molecule has 27 heavy (non-hydrogen) atoms. The first-order valence-electron chi connectivity index (χ1n) is 8.66. The number of ether oxygens (including phenoxy) is 4. The maximum atomic E-state index is 5.83. The maximum absolute atomic E-state index is 5.83. The summed E-state index contributed by atoms with van der Waals surface area (Å²) in [6.07, 6.45) is 1.79. The number of hydrogen-bond acceptors (Lipinski definition) is 7. The van der Waals surface area contributed by atoms with Gasteiger partial charge in [-0.05, 0) is 30.5 Å². The first-order valence-corrected chi connectivity index (χ1v) is 8.66. The molecule has 0 radical (unpaired) electrons. The maximum Gasteiger partial charge on any atom is 0.161 e. The number of H-pyrrole nitrogens is 1. The van der Waals surface area contributed by atoms with Crippen molar-refractivity contribution in [2.24, 2.45) is 0 Å². The number of nitrogens with zero attached hydrogens (tertiary/aromatic N) is 2. The molecule has 0 atom stereocenters. The summed E-state index contributed by atoms with van der Waals surface area (Å²) in [5, 5.41) is 12.2. The Labute approximate surface area is 157 Å². The van der Waals surface area contributed by atoms with E-state index in [0.29, 0.717) is 43.7 Å². The quantitative estimate of drug-likeness (QED) is 0.529. The van der Waals surface area contributed by atoms with E-state index in [-0.39, 0.29) is 0 Å². The minimum atomic E-state index is 0.436. The van der Waals surface area contributed by atoms with E-state index in [1.54, 1.807) is 20.4 Å². The molecule has 2 N–H and O–H groups in total. The van der Waals surface area contributed by atoms with Gasteiger partial charge >= 0.3 is 0 Å². The number of rotatable bonds is 10. The molecule has 3 rings (SSSR count). The number of hydrogen-bond donors (Lipinski definition) is 2. The van der Waals surface area contributed by atoms with Crippen LogP contribution in [0, 0.1) is 6.92 Å². The monoisotopic (exact) mass is 372 g/mol. The Bertz CT molecular complexity index is 881. The summed E-state index contributed by atoms with van der Waals surface area (Å²) < 4.78 is 21.7. The van der Waals surface area contributed by atoms with Crippen LogP contribution in [0.1, 0.15) is 5.69 Å². The normalized spacial score (nSPS) is 10.9. The van der Waals surface area contributed by atoms with Crippen LogP contribution in [0.2, 0.25) is 0 Å². The van der Waals surface area contributed by atoms with Crippen LogP contribution in [0.15, 0.2) is 30.5 Å². The number of aromatic nitrogens is 3. The molecule has 8 nitrogen and oxygen atoms in total. The van der Waals surface area contributed by atoms with E-state index < -0.39 is 0 Å². The molecule has 0 aliphatic heterocycles. The third-order valence-electron chi connectivity index (χ3n) is 3.84. The zero-order valence-electron chi connectivity index (χ0n) is 15.7. The number of anilines is 2. The molecule has 144 valence electrons. The minimum absolute atomic E-state index is 0.436. The highest BCUT2D eigenvalue weighted by Gasteiger charge is 2.10. The predicted molar refractivity (Wildman–Crippen MR) is 103 cm³/mol. The van der Waals surface area contributed by atoms with Crippen LogP contribution >= 0.6 is 0 Å². The van der Waals surface area contributed by atoms with Gasteiger partial charge in [-0.2, -0.15) is 5.10 Å². The van der Waals surface area contributed by atoms with Gasteiger partial charge in [0.1, 0.15) is 19.0 Å². The van der Waals surface area contributed by atoms with Gasteiger partial charge in [0, 0.05) is 37.6 Å². The van der Waals surface area contributed by atoms with Crippen LogP contribution in [-0.2, 0) is 9.47 Å². The van der Waals surface area contributed by atoms with E-state index in [9.17, 15) is 0 Å². The standard InChI is InChI=1S/C19H24N4O4/c1-13-8-19(23-22-13)21-18-11-14-9-16(26-6-4-24-2)17(27-7-5-25-3)10-15(14)12-20-18/h8-12H,4-7H2,1-3H3,(H2,20,21,22,23). The molecule has 0 amide bonds. The van der Waals surface area contributed by atoms with Gasteiger partial charge in [-0.15, -0.1) is 0 Å². The number of fused-ring (bicyclic) bond motifs is 1. The lowest BCUT2D eigenvalue weighted by atomic mass is 10.1. The summed E-state index contributed by atoms with van der Waals surface area (Å²) in [6.45, 7) is 3.82. The van der Waals surface area contributed by atoms with Gasteiger partial charge in [-0.3, -0.25) is 5.10 Å². The molecule has 8 heteroatoms. The first kappa shape index (κ1) is 18.9. The van der Waals surface area contributed by atoms with Crippen LogP contribution in [0.5, 0.6) is 11.5 Å². The molecule has 0 unspecified atom stereocenters. The van der Waals surface area contributed by atoms with Crippen molar-refractivity contribution >= 4 is 22.4 Å². The van der Waals surface area contributed by atoms with Gasteiger partial charge < -0.3 is 24.3 Å². The molecule has 0 saturated carbocycles. The summed E-state index contributed by atoms with van der Waals surface area (Å²) in [4.78, 5) is 4.45. The number of aromatic amines is 1. The highest BCUT2D eigenvalue weighted by molar-refractivity contribution is 5.87. The third kappa shape index (κ3) is 5.08. The molecule has 0 saturated heterocycles. The van der Waals surface area contributed by atoms with Crippen molar-refractivity contribution < 1.29 is 18.9 Å². The van der Waals surface area contributed by atoms with Crippen LogP contribution in [0.4, 0.5) is 11.6 Å². The molecule has 0 bridgehead atoms. The van der Waals surface area contributed by atoms with Gasteiger partial charge in [0.2, 0.25) is 0 Å². The van der Waals surface area contributed by atoms with Gasteiger partial charge in [0.25, 0.3) is 0 Å². The van der Waals surface area contributed by atoms with Crippen molar-refractivity contribution in [3.63, 3.8) is 0 Å². The minimum Gasteiger partial charge on any atom is -0.487 e. The van der Waals surface area contributed by atoms with Crippen LogP contribution in [0.3, 0.4) is 0 Å². The fourth-order valence-corrected chi connectivity index (χ4v) is 2.53. The van der Waals surface area contributed by atoms with Crippen molar-refractivity contribution in [2.45, 2.75) is 6.92 Å². The zero-order valence-corrected chi connectivity index (χ0v) is 15.7. The highest BCUT2D eigenvalue weighted by atomic mass is 16.5. The summed E-state index contributed by atoms with van der Waals surface area (Å²) in [5.41, 5.74) is 0.977. The molecular weight excluding hydrogens is 348 g/mol. The van der Waals surface area contributed by atoms with E-state index in [1.165, 1.54) is 0 Å². The number of methoxy groups -OCH3 is 2. The lowest BCUT2D eigenvalue weighted by molar-refractivity contribution is 0.132. The molecular formula is C19H24N4O4. The van der Waals surface area contributed by atoms with E-state index in [0.717, 1.165) is 22.3 Å². The van der Waals surface area contributed by atoms with Gasteiger partial charge in [-0.1, -0.05) is 0 Å². The number of benzene rings is 1. The summed E-state index contributed by atoms with van der Waals surface area (Å²) in [7, 11) is 3.28. The topological polar surface area (TPSA) is 90.5 Å². The Morgan fingerprint density at radius 1 is 0.852 bits per heavy atom. The Kier molecular flexibility index (Phi) is 6.45. The second-order valence-electron chi connectivity index (χ2n) is 5.96. The second-order valence-corrected chi connectivity index (χ2v) is 5.96. The zero-order chi connectivity index (χ0) is 19.1.